The normalized spacial score (nSPS) is 18.5. The van der Waals surface area contributed by atoms with Gasteiger partial charge in [0.15, 0.2) is 0 Å². The fourth-order valence-corrected chi connectivity index (χ4v) is 11.3. The Hall–Kier alpha value is -7.52. The van der Waals surface area contributed by atoms with Crippen molar-refractivity contribution in [2.75, 3.05) is 79.3 Å². The Morgan fingerprint density at radius 3 is 1.42 bits per heavy atom. The van der Waals surface area contributed by atoms with Crippen LogP contribution in [-0.4, -0.2) is 162 Å². The number of alkyl halides is 3. The Labute approximate surface area is 523 Å². The third-order valence-corrected chi connectivity index (χ3v) is 16.3. The molecule has 0 spiro atoms. The van der Waals surface area contributed by atoms with Crippen molar-refractivity contribution in [3.8, 4) is 69.0 Å². The molecular formula is C64H73F3N6O17S. The van der Waals surface area contributed by atoms with Crippen LogP contribution in [-0.2, 0) is 83.9 Å². The fourth-order valence-electron chi connectivity index (χ4n) is 10.9. The molecule has 0 amide bonds. The molecule has 0 unspecified atom stereocenters. The minimum atomic E-state index is -5.78. The average Bonchev–Trinajstić information content (AvgIpc) is 0.906. The lowest BCUT2D eigenvalue weighted by atomic mass is 9.93. The van der Waals surface area contributed by atoms with Crippen LogP contribution in [0.3, 0.4) is 0 Å². The quantitative estimate of drug-likeness (QED) is 0.0676. The molecule has 3 atom stereocenters. The van der Waals surface area contributed by atoms with Crippen molar-refractivity contribution < 1.29 is 78.6 Å². The van der Waals surface area contributed by atoms with Gasteiger partial charge in [-0.25, -0.2) is 14.4 Å². The van der Waals surface area contributed by atoms with Gasteiger partial charge >= 0.3 is 32.7 Å². The summed E-state index contributed by atoms with van der Waals surface area (Å²) in [6, 6.07) is 21.3. The Morgan fingerprint density at radius 2 is 1.00 bits per heavy atom. The van der Waals surface area contributed by atoms with Crippen LogP contribution < -0.4 is 35.5 Å². The number of fused-ring (bicyclic) bond motifs is 9. The molecule has 488 valence electrons. The first kappa shape index (κ1) is 66.4. The monoisotopic (exact) mass is 1290 g/mol. The van der Waals surface area contributed by atoms with Crippen molar-refractivity contribution in [1.82, 2.24) is 28.7 Å². The summed E-state index contributed by atoms with van der Waals surface area (Å²) in [7, 11) is -5.78. The highest BCUT2D eigenvalue weighted by Crippen LogP contribution is 2.36. The van der Waals surface area contributed by atoms with Crippen molar-refractivity contribution >= 4 is 10.1 Å². The molecule has 9 heterocycles. The van der Waals surface area contributed by atoms with Crippen LogP contribution in [0, 0.1) is 11.8 Å². The molecule has 0 bridgehead atoms. The first-order valence-electron chi connectivity index (χ1n) is 30.1. The molecule has 3 aromatic carbocycles. The SMILES string of the molecule is CC(C)(O)CC#Cc1ccc2c(c1)CCn1c-2cc(OC[C@@H]2COCCO2)nc1=O.CC(C)(O)CCCc1ccc2c(c1)CCn1c-2cc(OC[C@@H]2COCCO2)nc1=O.O=c1nc(OC[C@@H]2COCCO2)cc2n1CCc1cc(OS(=O)(=O)C(F)(F)F)ccc1-2. The number of rotatable bonds is 16. The van der Waals surface area contributed by atoms with Crippen LogP contribution in [0.4, 0.5) is 13.2 Å². The topological polar surface area (TPSA) is 272 Å². The van der Waals surface area contributed by atoms with E-state index in [1.807, 2.05) is 38.1 Å². The zero-order chi connectivity index (χ0) is 64.5. The second-order valence-electron chi connectivity index (χ2n) is 23.8. The molecule has 3 aromatic heterocycles. The van der Waals surface area contributed by atoms with E-state index >= 15 is 0 Å². The number of hydrogen-bond donors (Lipinski definition) is 2. The Morgan fingerprint density at radius 1 is 0.571 bits per heavy atom. The number of aryl methyl sites for hydroxylation is 4. The average molecular weight is 1290 g/mol. The van der Waals surface area contributed by atoms with E-state index in [-0.39, 0.29) is 55.1 Å². The number of hydrogen-bond acceptors (Lipinski definition) is 20. The Balaban J connectivity index is 0.000000150. The lowest BCUT2D eigenvalue weighted by Gasteiger charge is -2.24. The zero-order valence-corrected chi connectivity index (χ0v) is 51.8. The molecule has 0 saturated carbocycles. The second-order valence-corrected chi connectivity index (χ2v) is 25.3. The predicted octanol–water partition coefficient (Wildman–Crippen LogP) is 5.62. The van der Waals surface area contributed by atoms with Crippen molar-refractivity contribution in [3.05, 3.63) is 132 Å². The Kier molecular flexibility index (Phi) is 21.1. The van der Waals surface area contributed by atoms with Crippen LogP contribution in [0.25, 0.3) is 33.8 Å². The highest BCUT2D eigenvalue weighted by molar-refractivity contribution is 7.88. The van der Waals surface area contributed by atoms with E-state index in [2.05, 4.69) is 55.2 Å². The van der Waals surface area contributed by atoms with Gasteiger partial charge in [-0.3, -0.25) is 13.7 Å². The number of aliphatic hydroxyl groups is 2. The lowest BCUT2D eigenvalue weighted by molar-refractivity contribution is -0.102. The third-order valence-electron chi connectivity index (χ3n) is 15.4. The van der Waals surface area contributed by atoms with Crippen LogP contribution in [0.1, 0.15) is 74.8 Å². The number of ether oxygens (including phenoxy) is 9. The van der Waals surface area contributed by atoms with E-state index in [0.29, 0.717) is 121 Å². The van der Waals surface area contributed by atoms with Gasteiger partial charge in [0, 0.05) is 66.5 Å². The summed E-state index contributed by atoms with van der Waals surface area (Å²) in [6.07, 6.45) is 4.27. The molecule has 3 saturated heterocycles. The molecule has 3 fully saturated rings. The smallest absolute Gasteiger partial charge is 0.475 e. The minimum Gasteiger partial charge on any atom is -0.475 e. The third kappa shape index (κ3) is 17.8. The van der Waals surface area contributed by atoms with Gasteiger partial charge in [0.2, 0.25) is 17.6 Å². The van der Waals surface area contributed by atoms with E-state index in [4.69, 9.17) is 42.6 Å². The summed E-state index contributed by atoms with van der Waals surface area (Å²) >= 11 is 0. The summed E-state index contributed by atoms with van der Waals surface area (Å²) in [6.45, 7) is 13.8. The van der Waals surface area contributed by atoms with Gasteiger partial charge in [0.05, 0.1) is 87.7 Å². The molecule has 0 radical (unpaired) electrons. The summed E-state index contributed by atoms with van der Waals surface area (Å²) in [4.78, 5) is 49.5. The lowest BCUT2D eigenvalue weighted by Crippen LogP contribution is -2.34. The number of nitrogens with zero attached hydrogens (tertiary/aromatic N) is 6. The molecule has 6 aromatic rings. The molecule has 12 rings (SSSR count). The van der Waals surface area contributed by atoms with Crippen molar-refractivity contribution in [3.63, 3.8) is 0 Å². The van der Waals surface area contributed by atoms with Crippen molar-refractivity contribution in [2.24, 2.45) is 0 Å². The van der Waals surface area contributed by atoms with Crippen LogP contribution in [0.15, 0.2) is 87.2 Å². The number of halogens is 3. The maximum atomic E-state index is 12.6. The molecule has 27 heteroatoms. The standard InChI is InChI=1S/C23H30N2O5.C23H26N2O5.C18H17F3N2O7S/c2*1-23(2,27)8-3-4-16-5-6-19-17(12-16)7-9-25-20(19)13-21(24-22(25)26)30-15-18-14-28-10-11-29-18;19-18(20,21)31(25,26)30-12-1-2-14-11(7-12)3-4-23-15(14)8-16(22-17(23)24)29-10-13-9-27-5-6-28-13/h5-6,12-13,18,27H,3-4,7-11,14-15H2,1-2H3;5-6,12-13,18,27H,7-11,14-15H2,1-2H3;1-2,7-8,13H,3-6,9-10H2/t2*18-;13-/m000/s1. The summed E-state index contributed by atoms with van der Waals surface area (Å²) in [5.41, 5.74) is 1.57. The molecule has 6 aliphatic rings. The maximum absolute atomic E-state index is 12.6. The van der Waals surface area contributed by atoms with Gasteiger partial charge in [-0.2, -0.15) is 36.5 Å². The molecular weight excluding hydrogens is 1210 g/mol. The van der Waals surface area contributed by atoms with Gasteiger partial charge in [0.1, 0.15) is 43.9 Å². The summed E-state index contributed by atoms with van der Waals surface area (Å²) in [5.74, 6) is 6.36. The number of benzene rings is 3. The largest absolute Gasteiger partial charge is 0.534 e. The van der Waals surface area contributed by atoms with E-state index in [0.717, 1.165) is 71.8 Å². The second kappa shape index (κ2) is 29.0. The van der Waals surface area contributed by atoms with E-state index in [9.17, 15) is 46.2 Å². The van der Waals surface area contributed by atoms with E-state index in [1.165, 1.54) is 33.9 Å². The van der Waals surface area contributed by atoms with E-state index < -0.39 is 38.3 Å². The maximum Gasteiger partial charge on any atom is 0.534 e. The van der Waals surface area contributed by atoms with Gasteiger partial charge in [-0.05, 0) is 119 Å². The van der Waals surface area contributed by atoms with Crippen LogP contribution >= 0.6 is 0 Å². The van der Waals surface area contributed by atoms with E-state index in [1.54, 1.807) is 23.0 Å². The summed E-state index contributed by atoms with van der Waals surface area (Å²) < 4.78 is 119. The first-order valence-corrected chi connectivity index (χ1v) is 31.5. The highest BCUT2D eigenvalue weighted by Gasteiger charge is 2.48. The fraction of sp³-hybridized carbons (Fsp3) is 0.500. The van der Waals surface area contributed by atoms with Gasteiger partial charge in [0.25, 0.3) is 0 Å². The highest BCUT2D eigenvalue weighted by atomic mass is 32.2. The van der Waals surface area contributed by atoms with Gasteiger partial charge in [-0.1, -0.05) is 36.1 Å². The zero-order valence-electron chi connectivity index (χ0n) is 51.0. The van der Waals surface area contributed by atoms with Crippen LogP contribution in [0.5, 0.6) is 23.4 Å². The molecule has 23 nitrogen and oxygen atoms in total. The molecule has 91 heavy (non-hydrogen) atoms. The van der Waals surface area contributed by atoms with Crippen molar-refractivity contribution in [1.29, 1.82) is 0 Å². The first-order chi connectivity index (χ1) is 43.4. The predicted molar refractivity (Wildman–Crippen MR) is 324 cm³/mol. The van der Waals surface area contributed by atoms with Gasteiger partial charge in [-0.15, -0.1) is 0 Å². The summed E-state index contributed by atoms with van der Waals surface area (Å²) in [5, 5.41) is 19.7. The van der Waals surface area contributed by atoms with Crippen LogP contribution in [0.2, 0.25) is 0 Å². The molecule has 2 N–H and O–H groups in total. The molecule has 6 aliphatic heterocycles. The van der Waals surface area contributed by atoms with Gasteiger partial charge < -0.3 is 57.0 Å². The number of aromatic nitrogens is 6. The Bertz CT molecular complexity index is 3930. The van der Waals surface area contributed by atoms with Crippen molar-refractivity contribution in [2.45, 2.75) is 127 Å². The molecule has 0 aliphatic carbocycles. The minimum absolute atomic E-state index is 0.0678.